The molecule has 0 radical (unpaired) electrons. The third-order valence-electron chi connectivity index (χ3n) is 17.0. The highest BCUT2D eigenvalue weighted by Crippen LogP contribution is 2.44. The molecule has 3 atom stereocenters. The summed E-state index contributed by atoms with van der Waals surface area (Å²) >= 11 is 5.04. The second-order valence-electron chi connectivity index (χ2n) is 28.7. The van der Waals surface area contributed by atoms with Crippen molar-refractivity contribution in [2.75, 3.05) is 19.6 Å². The zero-order valence-electron chi connectivity index (χ0n) is 63.2. The standard InChI is InChI=1S/C27H31N7O2S.C26H29N5O3S.C26H31N5O2S/c1-15-16(2)37-25-22(15)23(19-11-9-18(10-12-19)8-7-13-30-26(28)29)31-20(14-21(35)36-27(4,5)6)24-33-32-17(3)34(24)25;1-15-16(2)35-25-22(15)23(19-11-9-18(10-12-19)8-7-13-27-33)28-20(14-21(32)34-26(4,5)6)24-30-29-17(3)31(24)25;1-15-16(2)34-25-22(15)23(19-11-9-18(10-12-19)8-7-13-27)28-20(14-21(32)33-26(4,5)6)24-30-29-17(3)31(24)25/h9-12,20H,13-14H2,1-6H3,(H4,28,29,30);9-12,20,27,33H,13-14H2,1-6H3;7-12,20H,13-14,27H2,1-6H3/b;;8-7+. The van der Waals surface area contributed by atoms with E-state index in [0.29, 0.717) is 24.0 Å². The summed E-state index contributed by atoms with van der Waals surface area (Å²) in [6, 6.07) is 22.3. The van der Waals surface area contributed by atoms with Crippen molar-refractivity contribution in [1.29, 1.82) is 0 Å². The Labute approximate surface area is 630 Å². The number of carbonyl (C=O) groups excluding carboxylic acids is 3. The smallest absolute Gasteiger partial charge is 0.308 e. The minimum absolute atomic E-state index is 0.0135. The number of rotatable bonds is 13. The van der Waals surface area contributed by atoms with E-state index in [1.807, 2.05) is 163 Å². The summed E-state index contributed by atoms with van der Waals surface area (Å²) in [4.78, 5) is 61.3. The molecule has 8 N–H and O–H groups in total. The van der Waals surface area contributed by atoms with Gasteiger partial charge in [0.05, 0.1) is 42.9 Å². The van der Waals surface area contributed by atoms with Gasteiger partial charge in [-0.3, -0.25) is 43.1 Å². The Morgan fingerprint density at radius 1 is 0.509 bits per heavy atom. The van der Waals surface area contributed by atoms with Gasteiger partial charge in [-0.25, -0.2) is 4.99 Å². The number of hydrogen-bond donors (Lipinski definition) is 5. The zero-order chi connectivity index (χ0) is 76.9. The molecule has 0 saturated heterocycles. The van der Waals surface area contributed by atoms with E-state index in [-0.39, 0.29) is 56.2 Å². The van der Waals surface area contributed by atoms with E-state index in [0.717, 1.165) is 111 Å². The van der Waals surface area contributed by atoms with Crippen molar-refractivity contribution in [3.05, 3.63) is 195 Å². The molecule has 3 unspecified atom stereocenters. The summed E-state index contributed by atoms with van der Waals surface area (Å²) in [6.07, 6.45) is 4.13. The summed E-state index contributed by atoms with van der Waals surface area (Å²) in [5.74, 6) is 15.0. The quantitative estimate of drug-likeness (QED) is 0.0179. The van der Waals surface area contributed by atoms with E-state index in [1.54, 1.807) is 34.0 Å². The Bertz CT molecular complexity index is 5090. The van der Waals surface area contributed by atoms with E-state index in [1.165, 1.54) is 20.2 Å². The SMILES string of the molecule is Cc1sc2c(c1C)C(c1ccc(/C=C/CN)cc1)=NC(CC(=O)OC(C)(C)C)c1nnc(C)n1-2.Cc1sc2c(c1C)C(c1ccc(C#CCN=C(N)N)cc1)=NC(CC(=O)OC(C)(C)C)c1nnc(C)n1-2.Cc1sc2c(c1C)C(c1ccc(C#CCNO)cc1)=NC(CC(=O)OC(C)(C)C)c1nnc(C)n1-2. The number of carbonyl (C=O) groups is 3. The van der Waals surface area contributed by atoms with Gasteiger partial charge < -0.3 is 36.6 Å². The van der Waals surface area contributed by atoms with Crippen LogP contribution in [-0.4, -0.2) is 127 Å². The van der Waals surface area contributed by atoms with Crippen molar-refractivity contribution >= 4 is 81.1 Å². The first-order chi connectivity index (χ1) is 50.1. The van der Waals surface area contributed by atoms with E-state index in [2.05, 4.69) is 125 Å². The van der Waals surface area contributed by atoms with Gasteiger partial charge in [-0.2, -0.15) is 5.48 Å². The van der Waals surface area contributed by atoms with Crippen molar-refractivity contribution in [3.63, 3.8) is 0 Å². The number of ether oxygens (including phenoxy) is 3. The molecule has 9 heterocycles. The van der Waals surface area contributed by atoms with Crippen LogP contribution >= 0.6 is 34.0 Å². The van der Waals surface area contributed by atoms with Crippen LogP contribution in [0, 0.1) is 86.0 Å². The van der Waals surface area contributed by atoms with E-state index in [9.17, 15) is 14.4 Å². The van der Waals surface area contributed by atoms with Gasteiger partial charge in [-0.1, -0.05) is 84.4 Å². The minimum Gasteiger partial charge on any atom is -0.460 e. The first kappa shape index (κ1) is 78.2. The number of benzene rings is 3. The van der Waals surface area contributed by atoms with Crippen LogP contribution in [0.4, 0.5) is 0 Å². The number of thiophene rings is 3. The van der Waals surface area contributed by atoms with E-state index in [4.69, 9.17) is 51.6 Å². The van der Waals surface area contributed by atoms with Gasteiger partial charge in [0.1, 0.15) is 73.9 Å². The number of nitrogens with two attached hydrogens (primary N) is 3. The Hall–Kier alpha value is -10.4. The molecule has 3 aliphatic heterocycles. The van der Waals surface area contributed by atoms with Crippen molar-refractivity contribution in [3.8, 4) is 38.7 Å². The second-order valence-corrected chi connectivity index (χ2v) is 32.3. The summed E-state index contributed by atoms with van der Waals surface area (Å²) in [5.41, 5.74) is 31.1. The first-order valence-electron chi connectivity index (χ1n) is 34.7. The fraction of sp³-hybridized carbons (Fsp3) is 0.380. The highest BCUT2D eigenvalue weighted by Gasteiger charge is 2.38. The van der Waals surface area contributed by atoms with Crippen LogP contribution in [0.2, 0.25) is 0 Å². The lowest BCUT2D eigenvalue weighted by Crippen LogP contribution is -2.25. The molecule has 3 aromatic carbocycles. The van der Waals surface area contributed by atoms with Gasteiger partial charge in [0.2, 0.25) is 0 Å². The number of nitrogens with zero attached hydrogens (tertiary/aromatic N) is 13. The fourth-order valence-electron chi connectivity index (χ4n) is 12.0. The third kappa shape index (κ3) is 18.3. The number of fused-ring (bicyclic) bond motifs is 9. The molecule has 9 aromatic rings. The predicted molar refractivity (Wildman–Crippen MR) is 419 cm³/mol. The molecule has 3 aliphatic rings. The Morgan fingerprint density at radius 2 is 0.830 bits per heavy atom. The molecule has 0 fully saturated rings. The van der Waals surface area contributed by atoms with Gasteiger partial charge in [-0.05, 0) is 171 Å². The van der Waals surface area contributed by atoms with E-state index < -0.39 is 34.9 Å². The summed E-state index contributed by atoms with van der Waals surface area (Å²) in [7, 11) is 0. The lowest BCUT2D eigenvalue weighted by molar-refractivity contribution is -0.156. The molecule has 24 nitrogen and oxygen atoms in total. The van der Waals surface area contributed by atoms with Crippen LogP contribution in [0.25, 0.3) is 21.1 Å². The Balaban J connectivity index is 0.000000170. The second kappa shape index (κ2) is 32.5. The van der Waals surface area contributed by atoms with Crippen LogP contribution < -0.4 is 22.7 Å². The maximum absolute atomic E-state index is 12.9. The number of aliphatic imine (C=N–C) groups is 4. The molecule has 106 heavy (non-hydrogen) atoms. The molecular weight excluding hydrogens is 1400 g/mol. The Kier molecular flexibility index (Phi) is 24.0. The van der Waals surface area contributed by atoms with Gasteiger partial charge in [0.15, 0.2) is 23.4 Å². The van der Waals surface area contributed by atoms with Crippen LogP contribution in [0.15, 0.2) is 98.8 Å². The highest BCUT2D eigenvalue weighted by molar-refractivity contribution is 7.15. The van der Waals surface area contributed by atoms with Crippen molar-refractivity contribution in [2.45, 2.75) is 179 Å². The summed E-state index contributed by atoms with van der Waals surface area (Å²) in [6.45, 7) is 36.0. The zero-order valence-corrected chi connectivity index (χ0v) is 65.7. The lowest BCUT2D eigenvalue weighted by Gasteiger charge is -2.21. The monoisotopic (exact) mass is 1490 g/mol. The van der Waals surface area contributed by atoms with E-state index >= 15 is 0 Å². The maximum Gasteiger partial charge on any atom is 0.308 e. The third-order valence-corrected chi connectivity index (χ3v) is 20.6. The number of esters is 3. The topological polar surface area (TPSA) is 331 Å². The maximum atomic E-state index is 12.9. The number of guanidine groups is 1. The largest absolute Gasteiger partial charge is 0.460 e. The van der Waals surface area contributed by atoms with Crippen molar-refractivity contribution in [2.24, 2.45) is 37.2 Å². The summed E-state index contributed by atoms with van der Waals surface area (Å²) in [5, 5.41) is 38.0. The summed E-state index contributed by atoms with van der Waals surface area (Å²) < 4.78 is 22.9. The average Bonchev–Trinajstić information content (AvgIpc) is 1.60. The van der Waals surface area contributed by atoms with Gasteiger partial charge in [0, 0.05) is 65.7 Å². The number of aryl methyl sites for hydroxylation is 6. The number of aromatic nitrogens is 9. The Morgan fingerprint density at radius 3 is 1.13 bits per heavy atom. The molecule has 552 valence electrons. The van der Waals surface area contributed by atoms with Crippen LogP contribution in [-0.2, 0) is 28.6 Å². The van der Waals surface area contributed by atoms with Crippen molar-refractivity contribution in [1.82, 2.24) is 49.8 Å². The normalized spacial score (nSPS) is 14.9. The van der Waals surface area contributed by atoms with Gasteiger partial charge in [0.25, 0.3) is 0 Å². The molecule has 0 aliphatic carbocycles. The number of nitrogens with one attached hydrogen (secondary N) is 1. The molecule has 12 rings (SSSR count). The molecule has 6 aromatic heterocycles. The molecule has 0 saturated carbocycles. The van der Waals surface area contributed by atoms with Crippen LogP contribution in [0.1, 0.15) is 216 Å². The van der Waals surface area contributed by atoms with Gasteiger partial charge >= 0.3 is 17.9 Å². The molecule has 0 amide bonds. The fourth-order valence-corrected chi connectivity index (χ4v) is 15.7. The van der Waals surface area contributed by atoms with Crippen LogP contribution in [0.3, 0.4) is 0 Å². The lowest BCUT2D eigenvalue weighted by atomic mass is 9.98. The molecular formula is C79H91N17O7S3. The first-order valence-corrected chi connectivity index (χ1v) is 37.1. The molecule has 27 heteroatoms. The number of hydrogen-bond acceptors (Lipinski definition) is 22. The number of hydroxylamine groups is 1. The average molecular weight is 1490 g/mol. The van der Waals surface area contributed by atoms with Gasteiger partial charge in [-0.15, -0.1) is 64.6 Å². The van der Waals surface area contributed by atoms with Crippen molar-refractivity contribution < 1.29 is 33.8 Å². The molecule has 0 bridgehead atoms. The van der Waals surface area contributed by atoms with Crippen LogP contribution in [0.5, 0.6) is 0 Å². The predicted octanol–water partition coefficient (Wildman–Crippen LogP) is 12.6. The molecule has 0 spiro atoms. The highest BCUT2D eigenvalue weighted by atomic mass is 32.1. The minimum atomic E-state index is -0.595.